The maximum absolute atomic E-state index is 12.5. The first-order valence-electron chi connectivity index (χ1n) is 12.7. The maximum atomic E-state index is 12.5. The zero-order valence-corrected chi connectivity index (χ0v) is 21.7. The predicted octanol–water partition coefficient (Wildman–Crippen LogP) is 2.91. The highest BCUT2D eigenvalue weighted by Gasteiger charge is 2.40. The number of unbranched alkanes of at least 4 members (excludes halogenated alkanes) is 1. The molecule has 1 fully saturated rings. The van der Waals surface area contributed by atoms with Crippen molar-refractivity contribution in [3.8, 4) is 0 Å². The van der Waals surface area contributed by atoms with Crippen LogP contribution in [0.1, 0.15) is 55.7 Å². The lowest BCUT2D eigenvalue weighted by Crippen LogP contribution is -2.38. The van der Waals surface area contributed by atoms with Crippen LogP contribution in [0, 0.1) is 0 Å². The van der Waals surface area contributed by atoms with E-state index in [9.17, 15) is 23.1 Å². The van der Waals surface area contributed by atoms with Crippen LogP contribution in [0.4, 0.5) is 19.0 Å². The number of ether oxygens (including phenoxy) is 2. The largest absolute Gasteiger partial charge is 0.523 e. The number of aliphatic hydroxyl groups is 1. The lowest BCUT2D eigenvalue weighted by molar-refractivity contribution is -0.336. The Morgan fingerprint density at radius 1 is 1.23 bits per heavy atom. The fraction of sp³-hybridized carbons (Fsp3) is 0.560. The number of nitrogens with zero attached hydrogens (tertiary/aromatic N) is 5. The average molecular weight is 552 g/mol. The monoisotopic (exact) mass is 551 g/mol. The number of alkyl halides is 3. The molecule has 4 rings (SSSR count). The topological polar surface area (TPSA) is 140 Å². The van der Waals surface area contributed by atoms with Crippen molar-refractivity contribution in [1.29, 1.82) is 0 Å². The molecule has 11 nitrogen and oxygen atoms in total. The van der Waals surface area contributed by atoms with Crippen LogP contribution in [0.15, 0.2) is 42.1 Å². The Labute approximate surface area is 223 Å². The number of anilines is 1. The van der Waals surface area contributed by atoms with Gasteiger partial charge in [-0.15, -0.1) is 23.4 Å². The fourth-order valence-corrected chi connectivity index (χ4v) is 3.99. The van der Waals surface area contributed by atoms with E-state index in [4.69, 9.17) is 4.74 Å². The van der Waals surface area contributed by atoms with E-state index in [0.29, 0.717) is 25.2 Å². The van der Waals surface area contributed by atoms with Crippen LogP contribution in [-0.4, -0.2) is 73.1 Å². The molecule has 39 heavy (non-hydrogen) atoms. The van der Waals surface area contributed by atoms with Crippen molar-refractivity contribution >= 4 is 11.7 Å². The third-order valence-electron chi connectivity index (χ3n) is 5.98. The normalized spacial score (nSPS) is 21.0. The van der Waals surface area contributed by atoms with E-state index in [1.165, 1.54) is 6.08 Å². The van der Waals surface area contributed by atoms with Gasteiger partial charge in [0.2, 0.25) is 0 Å². The van der Waals surface area contributed by atoms with Crippen LogP contribution in [-0.2, 0) is 22.4 Å². The number of nitrogens with one attached hydrogen (secondary N) is 2. The summed E-state index contributed by atoms with van der Waals surface area (Å²) in [5.41, 5.74) is 0.849. The lowest BCUT2D eigenvalue weighted by Gasteiger charge is -2.20. The molecule has 0 saturated carbocycles. The van der Waals surface area contributed by atoms with Crippen LogP contribution < -0.4 is 10.6 Å². The molecule has 0 spiro atoms. The number of aryl methyl sites for hydroxylation is 2. The Bertz CT molecular complexity index is 1180. The van der Waals surface area contributed by atoms with Gasteiger partial charge in [-0.2, -0.15) is 5.10 Å². The number of aromatic nitrogens is 5. The van der Waals surface area contributed by atoms with Gasteiger partial charge in [0.15, 0.2) is 17.7 Å². The van der Waals surface area contributed by atoms with Gasteiger partial charge in [0.1, 0.15) is 6.10 Å². The summed E-state index contributed by atoms with van der Waals surface area (Å²) >= 11 is 0. The maximum Gasteiger partial charge on any atom is 0.523 e. The Hall–Kier alpha value is -3.36. The predicted molar refractivity (Wildman–Crippen MR) is 133 cm³/mol. The number of carbonyl (C=O) groups is 1. The Morgan fingerprint density at radius 2 is 2.05 bits per heavy atom. The van der Waals surface area contributed by atoms with E-state index in [-0.39, 0.29) is 36.9 Å². The summed E-state index contributed by atoms with van der Waals surface area (Å²) < 4.78 is 48.7. The smallest absolute Gasteiger partial charge is 0.389 e. The summed E-state index contributed by atoms with van der Waals surface area (Å²) in [6.07, 6.45) is 3.25. The van der Waals surface area contributed by atoms with Crippen LogP contribution in [0.3, 0.4) is 0 Å². The summed E-state index contributed by atoms with van der Waals surface area (Å²) in [4.78, 5) is 12.1. The number of carbonyl (C=O) groups excluding carboxylic acids is 1. The number of allylic oxidation sites excluding steroid dienone is 2. The first kappa shape index (κ1) is 28.6. The molecule has 212 valence electrons. The van der Waals surface area contributed by atoms with E-state index in [2.05, 4.69) is 35.9 Å². The highest BCUT2D eigenvalue weighted by molar-refractivity contribution is 5.91. The van der Waals surface area contributed by atoms with Crippen molar-refractivity contribution in [2.45, 2.75) is 82.9 Å². The molecule has 1 saturated heterocycles. The summed E-state index contributed by atoms with van der Waals surface area (Å²) in [5, 5.41) is 31.7. The van der Waals surface area contributed by atoms with Gasteiger partial charge in [0.05, 0.1) is 23.6 Å². The van der Waals surface area contributed by atoms with Crippen LogP contribution >= 0.6 is 0 Å². The first-order chi connectivity index (χ1) is 18.4. The minimum atomic E-state index is -4.66. The molecule has 2 aromatic rings. The molecule has 2 aliphatic rings. The molecule has 3 unspecified atom stereocenters. The minimum Gasteiger partial charge on any atom is -0.389 e. The second kappa shape index (κ2) is 12.2. The van der Waals surface area contributed by atoms with Gasteiger partial charge in [-0.1, -0.05) is 29.0 Å². The van der Waals surface area contributed by atoms with E-state index < -0.39 is 18.1 Å². The van der Waals surface area contributed by atoms with Crippen LogP contribution in [0.2, 0.25) is 0 Å². The van der Waals surface area contributed by atoms with Crippen molar-refractivity contribution in [3.05, 3.63) is 53.5 Å². The Kier molecular flexibility index (Phi) is 8.97. The molecular formula is C25H32F3N7O4. The van der Waals surface area contributed by atoms with E-state index in [1.54, 1.807) is 36.9 Å². The molecule has 3 atom stereocenters. The van der Waals surface area contributed by atoms with E-state index in [1.807, 2.05) is 12.1 Å². The van der Waals surface area contributed by atoms with Gasteiger partial charge in [-0.3, -0.25) is 14.2 Å². The van der Waals surface area contributed by atoms with Crippen molar-refractivity contribution in [2.75, 3.05) is 11.9 Å². The van der Waals surface area contributed by atoms with E-state index >= 15 is 0 Å². The van der Waals surface area contributed by atoms with Gasteiger partial charge < -0.3 is 20.5 Å². The fourth-order valence-electron chi connectivity index (χ4n) is 3.99. The molecule has 1 aliphatic heterocycles. The molecule has 2 aromatic heterocycles. The third-order valence-corrected chi connectivity index (χ3v) is 5.98. The van der Waals surface area contributed by atoms with Gasteiger partial charge in [-0.05, 0) is 58.1 Å². The van der Waals surface area contributed by atoms with Gasteiger partial charge in [-0.25, -0.2) is 0 Å². The summed E-state index contributed by atoms with van der Waals surface area (Å²) in [6.45, 7) is 3.91. The number of epoxide rings is 1. The highest BCUT2D eigenvalue weighted by Crippen LogP contribution is 2.33. The van der Waals surface area contributed by atoms with Gasteiger partial charge >= 0.3 is 6.36 Å². The molecule has 3 heterocycles. The van der Waals surface area contributed by atoms with Gasteiger partial charge in [0.25, 0.3) is 5.91 Å². The van der Waals surface area contributed by atoms with Crippen molar-refractivity contribution in [3.63, 3.8) is 0 Å². The highest BCUT2D eigenvalue weighted by atomic mass is 19.4. The number of hydrogen-bond donors (Lipinski definition) is 3. The average Bonchev–Trinajstić information content (AvgIpc) is 3.38. The number of hydrogen-bond acceptors (Lipinski definition) is 9. The third kappa shape index (κ3) is 9.71. The molecule has 0 bridgehead atoms. The molecule has 0 radical (unpaired) electrons. The zero-order valence-electron chi connectivity index (χ0n) is 21.7. The quantitative estimate of drug-likeness (QED) is 0.253. The molecule has 0 aromatic carbocycles. The number of halogens is 3. The Morgan fingerprint density at radius 3 is 2.77 bits per heavy atom. The van der Waals surface area contributed by atoms with Crippen molar-refractivity contribution < 1.29 is 32.5 Å². The summed E-state index contributed by atoms with van der Waals surface area (Å²) in [5.74, 6) is 0.169. The number of amides is 1. The molecular weight excluding hydrogens is 519 g/mol. The second-order valence-electron chi connectivity index (χ2n) is 10.2. The van der Waals surface area contributed by atoms with Gasteiger partial charge in [0, 0.05) is 13.1 Å². The SMILES string of the molecule is CC(C)(O)CNC(=O)c1cn(CCCCc2ccc(NC3OC3CC3=CC=CC(OC(F)(F)F)C3)nn2)nn1. The van der Waals surface area contributed by atoms with Crippen molar-refractivity contribution in [1.82, 2.24) is 30.5 Å². The minimum absolute atomic E-state index is 0.114. The molecule has 3 N–H and O–H groups in total. The second-order valence-corrected chi connectivity index (χ2v) is 10.2. The first-order valence-corrected chi connectivity index (χ1v) is 12.7. The van der Waals surface area contributed by atoms with Crippen molar-refractivity contribution in [2.24, 2.45) is 0 Å². The summed E-state index contributed by atoms with van der Waals surface area (Å²) in [6, 6.07) is 3.69. The van der Waals surface area contributed by atoms with E-state index in [0.717, 1.165) is 24.1 Å². The Balaban J connectivity index is 1.12. The molecule has 1 aliphatic carbocycles. The van der Waals surface area contributed by atoms with Crippen LogP contribution in [0.25, 0.3) is 0 Å². The standard InChI is InChI=1S/C25H32F3N7O4/c1-24(2,37)15-29-22(36)19-14-35(34-32-19)11-4-3-7-17-9-10-21(33-31-17)30-23-20(38-23)13-16-6-5-8-18(12-16)39-25(26,27)28/h5-6,8-10,14,18,20,23,37H,3-4,7,11-13,15H2,1-2H3,(H,29,36)(H,30,33). The number of rotatable bonds is 13. The lowest BCUT2D eigenvalue weighted by atomic mass is 9.98. The molecule has 14 heteroatoms. The molecule has 1 amide bonds. The zero-order chi connectivity index (χ0) is 28.0. The van der Waals surface area contributed by atoms with Crippen LogP contribution in [0.5, 0.6) is 0 Å². The summed E-state index contributed by atoms with van der Waals surface area (Å²) in [7, 11) is 0.